The summed E-state index contributed by atoms with van der Waals surface area (Å²) in [6.07, 6.45) is 4.59. The minimum absolute atomic E-state index is 0.0308. The van der Waals surface area contributed by atoms with Crippen molar-refractivity contribution in [3.63, 3.8) is 0 Å². The van der Waals surface area contributed by atoms with Gasteiger partial charge in [0.15, 0.2) is 0 Å². The third-order valence-corrected chi connectivity index (χ3v) is 10.9. The van der Waals surface area contributed by atoms with Gasteiger partial charge in [-0.3, -0.25) is 0 Å². The summed E-state index contributed by atoms with van der Waals surface area (Å²) in [7, 11) is -0.709. The van der Waals surface area contributed by atoms with Crippen molar-refractivity contribution in [3.05, 3.63) is 162 Å². The highest BCUT2D eigenvalue weighted by Crippen LogP contribution is 2.53. The Bertz CT molecular complexity index is 2120. The van der Waals surface area contributed by atoms with Crippen LogP contribution in [0.5, 0.6) is 5.75 Å². The van der Waals surface area contributed by atoms with Crippen LogP contribution in [0.25, 0.3) is 50.2 Å². The summed E-state index contributed by atoms with van der Waals surface area (Å²) < 4.78 is 9.01. The Balaban J connectivity index is 1.20. The van der Waals surface area contributed by atoms with Crippen LogP contribution in [0.15, 0.2) is 145 Å². The van der Waals surface area contributed by atoms with Crippen molar-refractivity contribution in [2.75, 3.05) is 0 Å². The van der Waals surface area contributed by atoms with Crippen LogP contribution in [0, 0.1) is 0 Å². The van der Waals surface area contributed by atoms with Crippen molar-refractivity contribution < 1.29 is 4.74 Å². The van der Waals surface area contributed by atoms with Gasteiger partial charge in [-0.2, -0.15) is 0 Å². The normalized spacial score (nSPS) is 16.9. The summed E-state index contributed by atoms with van der Waals surface area (Å²) in [5.41, 5.74) is 10.5. The Morgan fingerprint density at radius 2 is 1.44 bits per heavy atom. The van der Waals surface area contributed by atoms with E-state index in [1.165, 1.54) is 38.6 Å². The molecule has 1 aliphatic heterocycles. The zero-order chi connectivity index (χ0) is 28.3. The molecule has 2 aromatic heterocycles. The minimum Gasteiger partial charge on any atom is -0.484 e. The summed E-state index contributed by atoms with van der Waals surface area (Å²) >= 11 is 0. The maximum Gasteiger partial charge on any atom is 0.137 e. The number of aromatic nitrogens is 2. The molecule has 1 aliphatic carbocycles. The fourth-order valence-electron chi connectivity index (χ4n) is 6.80. The first-order valence-electron chi connectivity index (χ1n) is 14.7. The molecule has 3 heterocycles. The molecule has 4 heteroatoms. The van der Waals surface area contributed by atoms with Crippen LogP contribution in [0.1, 0.15) is 28.8 Å². The largest absolute Gasteiger partial charge is 0.484 e. The predicted octanol–water partition coefficient (Wildman–Crippen LogP) is 10.6. The fourth-order valence-corrected chi connectivity index (χ4v) is 8.90. The van der Waals surface area contributed by atoms with E-state index in [2.05, 4.69) is 156 Å². The van der Waals surface area contributed by atoms with E-state index < -0.39 is 7.53 Å². The van der Waals surface area contributed by atoms with Crippen LogP contribution in [0.2, 0.25) is 0 Å². The Labute approximate surface area is 251 Å². The van der Waals surface area contributed by atoms with Gasteiger partial charge < -0.3 is 9.30 Å². The SMILES string of the molecule is C1=CC2c3ccccc3OC2c2c1n(-c1cccc(-c3cp(-c4ccccc4)c(-c4ccccc4)n3)c1)c1ccccc21. The molecule has 0 bridgehead atoms. The van der Waals surface area contributed by atoms with Gasteiger partial charge >= 0.3 is 0 Å². The van der Waals surface area contributed by atoms with Gasteiger partial charge in [0, 0.05) is 39.2 Å². The van der Waals surface area contributed by atoms with Gasteiger partial charge in [-0.25, -0.2) is 4.98 Å². The summed E-state index contributed by atoms with van der Waals surface area (Å²) in [6.45, 7) is 0. The highest BCUT2D eigenvalue weighted by atomic mass is 31.1. The van der Waals surface area contributed by atoms with E-state index in [1.807, 2.05) is 0 Å². The monoisotopic (exact) mass is 570 g/mol. The molecule has 7 aromatic rings. The Morgan fingerprint density at radius 3 is 2.33 bits per heavy atom. The average molecular weight is 571 g/mol. The van der Waals surface area contributed by atoms with Crippen LogP contribution in [-0.2, 0) is 0 Å². The van der Waals surface area contributed by atoms with Crippen molar-refractivity contribution in [3.8, 4) is 39.0 Å². The van der Waals surface area contributed by atoms with Crippen LogP contribution >= 0.6 is 7.53 Å². The molecule has 0 saturated carbocycles. The second-order valence-corrected chi connectivity index (χ2v) is 13.1. The maximum absolute atomic E-state index is 6.62. The molecule has 9 rings (SSSR count). The molecule has 43 heavy (non-hydrogen) atoms. The first kappa shape index (κ1) is 24.5. The molecule has 3 unspecified atom stereocenters. The van der Waals surface area contributed by atoms with Gasteiger partial charge in [0.05, 0.1) is 22.3 Å². The lowest BCUT2D eigenvalue weighted by Crippen LogP contribution is -2.13. The molecule has 3 nitrogen and oxygen atoms in total. The molecule has 0 N–H and O–H groups in total. The van der Waals surface area contributed by atoms with Crippen molar-refractivity contribution in [2.45, 2.75) is 12.0 Å². The predicted molar refractivity (Wildman–Crippen MR) is 178 cm³/mol. The number of ether oxygens (including phenoxy) is 1. The molecule has 0 fully saturated rings. The number of para-hydroxylation sites is 2. The number of nitrogens with zero attached hydrogens (tertiary/aromatic N) is 2. The van der Waals surface area contributed by atoms with E-state index in [4.69, 9.17) is 9.72 Å². The summed E-state index contributed by atoms with van der Waals surface area (Å²) in [6, 6.07) is 47.4. The van der Waals surface area contributed by atoms with Crippen molar-refractivity contribution in [2.24, 2.45) is 0 Å². The topological polar surface area (TPSA) is 27.1 Å². The number of benzene rings is 5. The molecule has 3 atom stereocenters. The third-order valence-electron chi connectivity index (χ3n) is 8.73. The van der Waals surface area contributed by atoms with E-state index in [0.29, 0.717) is 0 Å². The quantitative estimate of drug-likeness (QED) is 0.210. The Hall–Kier alpha value is -5.11. The average Bonchev–Trinajstić information content (AvgIpc) is 3.78. The van der Waals surface area contributed by atoms with E-state index >= 15 is 0 Å². The van der Waals surface area contributed by atoms with Gasteiger partial charge in [-0.15, -0.1) is 0 Å². The molecule has 0 amide bonds. The Morgan fingerprint density at radius 1 is 0.698 bits per heavy atom. The summed E-state index contributed by atoms with van der Waals surface area (Å²) in [5, 5.41) is 2.56. The molecule has 2 aliphatic rings. The molecule has 0 saturated heterocycles. The standard InChI is InChI=1S/C39H27N2OP/c1-3-12-26(13-4-1)39-40-33(25-43(39)29-16-5-2-6-17-29)27-14-11-15-28(24-27)41-34-20-9-7-19-32(34)37-35(41)23-22-31-30-18-8-10-21-36(30)42-38(31)37/h1-25,31,38H. The number of fused-ring (bicyclic) bond motifs is 7. The lowest BCUT2D eigenvalue weighted by atomic mass is 9.86. The summed E-state index contributed by atoms with van der Waals surface area (Å²) in [5.74, 6) is 3.59. The highest BCUT2D eigenvalue weighted by Gasteiger charge is 2.39. The van der Waals surface area contributed by atoms with Crippen LogP contribution in [0.4, 0.5) is 0 Å². The van der Waals surface area contributed by atoms with E-state index in [-0.39, 0.29) is 12.0 Å². The second kappa shape index (κ2) is 9.73. The maximum atomic E-state index is 6.62. The highest BCUT2D eigenvalue weighted by molar-refractivity contribution is 7.59. The molecule has 0 spiro atoms. The fraction of sp³-hybridized carbons (Fsp3) is 0.0513. The molecule has 0 radical (unpaired) electrons. The van der Waals surface area contributed by atoms with Gasteiger partial charge in [0.2, 0.25) is 0 Å². The van der Waals surface area contributed by atoms with Crippen molar-refractivity contribution >= 4 is 24.5 Å². The van der Waals surface area contributed by atoms with Gasteiger partial charge in [0.1, 0.15) is 11.9 Å². The van der Waals surface area contributed by atoms with Crippen LogP contribution < -0.4 is 4.74 Å². The summed E-state index contributed by atoms with van der Waals surface area (Å²) in [4.78, 5) is 5.29. The molecule has 204 valence electrons. The second-order valence-electron chi connectivity index (χ2n) is 11.2. The Kier molecular flexibility index (Phi) is 5.54. The lowest BCUT2D eigenvalue weighted by Gasteiger charge is -2.22. The van der Waals surface area contributed by atoms with Crippen LogP contribution in [0.3, 0.4) is 0 Å². The lowest BCUT2D eigenvalue weighted by molar-refractivity contribution is 0.224. The zero-order valence-electron chi connectivity index (χ0n) is 23.3. The zero-order valence-corrected chi connectivity index (χ0v) is 24.2. The third kappa shape index (κ3) is 3.86. The van der Waals surface area contributed by atoms with Gasteiger partial charge in [-0.05, 0) is 41.4 Å². The van der Waals surface area contributed by atoms with Gasteiger partial charge in [-0.1, -0.05) is 123 Å². The van der Waals surface area contributed by atoms with Crippen molar-refractivity contribution in [1.29, 1.82) is 0 Å². The number of rotatable bonds is 4. The van der Waals surface area contributed by atoms with Gasteiger partial charge in [0.25, 0.3) is 0 Å². The van der Waals surface area contributed by atoms with E-state index in [0.717, 1.165) is 28.1 Å². The van der Waals surface area contributed by atoms with E-state index in [9.17, 15) is 0 Å². The smallest absolute Gasteiger partial charge is 0.137 e. The molecular formula is C39H27N2OP. The molecular weight excluding hydrogens is 543 g/mol. The molecule has 5 aromatic carbocycles. The first-order chi connectivity index (χ1) is 21.3. The minimum atomic E-state index is -0.709. The van der Waals surface area contributed by atoms with Crippen molar-refractivity contribution in [1.82, 2.24) is 9.55 Å². The first-order valence-corrected chi connectivity index (χ1v) is 16.1. The number of hydrogen-bond acceptors (Lipinski definition) is 2. The van der Waals surface area contributed by atoms with Crippen LogP contribution in [-0.4, -0.2) is 9.55 Å². The van der Waals surface area contributed by atoms with E-state index in [1.54, 1.807) is 0 Å². The number of hydrogen-bond donors (Lipinski definition) is 0.